The second-order valence-corrected chi connectivity index (χ2v) is 4.21. The van der Waals surface area contributed by atoms with E-state index in [0.717, 1.165) is 0 Å². The van der Waals surface area contributed by atoms with Gasteiger partial charge in [-0.05, 0) is 23.7 Å². The maximum absolute atomic E-state index is 9.11. The Morgan fingerprint density at radius 2 is 2.15 bits per heavy atom. The van der Waals surface area contributed by atoms with E-state index < -0.39 is 0 Å². The molecule has 0 unspecified atom stereocenters. The third kappa shape index (κ3) is 2.00. The standard InChI is InChI=1S/C13H7ClN4O2/c14-13-17-6-8(16)12(18-13)20-11-7-3-1-2-4-9(7)19-10(11)5-15/h1-4,6H,16H2. The van der Waals surface area contributed by atoms with Crippen molar-refractivity contribution in [1.29, 1.82) is 5.26 Å². The second kappa shape index (κ2) is 4.72. The van der Waals surface area contributed by atoms with Gasteiger partial charge in [0.25, 0.3) is 0 Å². The van der Waals surface area contributed by atoms with Crippen LogP contribution in [-0.2, 0) is 0 Å². The summed E-state index contributed by atoms with van der Waals surface area (Å²) < 4.78 is 11.0. The lowest BCUT2D eigenvalue weighted by molar-refractivity contribution is 0.452. The van der Waals surface area contributed by atoms with Crippen molar-refractivity contribution >= 4 is 28.3 Å². The molecular weight excluding hydrogens is 280 g/mol. The van der Waals surface area contributed by atoms with Crippen molar-refractivity contribution in [3.63, 3.8) is 0 Å². The minimum atomic E-state index is 0.000470. The van der Waals surface area contributed by atoms with Gasteiger partial charge in [0.05, 0.1) is 11.6 Å². The van der Waals surface area contributed by atoms with Crippen LogP contribution >= 0.6 is 11.6 Å². The third-order valence-electron chi connectivity index (χ3n) is 2.60. The van der Waals surface area contributed by atoms with Crippen LogP contribution in [0.15, 0.2) is 34.9 Å². The Labute approximate surface area is 118 Å². The van der Waals surface area contributed by atoms with Gasteiger partial charge in [0.15, 0.2) is 5.75 Å². The van der Waals surface area contributed by atoms with Gasteiger partial charge in [0.1, 0.15) is 17.3 Å². The van der Waals surface area contributed by atoms with Gasteiger partial charge in [-0.25, -0.2) is 4.98 Å². The average molecular weight is 287 g/mol. The summed E-state index contributed by atoms with van der Waals surface area (Å²) in [5.74, 6) is 0.373. The monoisotopic (exact) mass is 286 g/mol. The molecule has 0 bridgehead atoms. The first-order chi connectivity index (χ1) is 9.69. The largest absolute Gasteiger partial charge is 0.442 e. The Morgan fingerprint density at radius 3 is 2.95 bits per heavy atom. The Bertz CT molecular complexity index is 838. The maximum Gasteiger partial charge on any atom is 0.247 e. The molecule has 0 atom stereocenters. The van der Waals surface area contributed by atoms with E-state index in [4.69, 9.17) is 31.8 Å². The molecule has 2 N–H and O–H groups in total. The average Bonchev–Trinajstić information content (AvgIpc) is 2.81. The molecule has 3 rings (SSSR count). The van der Waals surface area contributed by atoms with Gasteiger partial charge in [0, 0.05) is 0 Å². The predicted octanol–water partition coefficient (Wildman–Crippen LogP) is 3.12. The number of hydrogen-bond acceptors (Lipinski definition) is 6. The lowest BCUT2D eigenvalue weighted by atomic mass is 10.2. The number of ether oxygens (including phenoxy) is 1. The normalized spacial score (nSPS) is 10.4. The molecule has 6 nitrogen and oxygen atoms in total. The number of furan rings is 1. The number of nitrogen functional groups attached to an aromatic ring is 1. The fourth-order valence-electron chi connectivity index (χ4n) is 1.73. The van der Waals surface area contributed by atoms with Crippen molar-refractivity contribution in [2.24, 2.45) is 0 Å². The zero-order valence-corrected chi connectivity index (χ0v) is 10.8. The number of fused-ring (bicyclic) bond motifs is 1. The molecule has 2 aromatic heterocycles. The van der Waals surface area contributed by atoms with Gasteiger partial charge in [-0.3, -0.25) is 0 Å². The fourth-order valence-corrected chi connectivity index (χ4v) is 1.86. The van der Waals surface area contributed by atoms with Gasteiger partial charge < -0.3 is 14.9 Å². The smallest absolute Gasteiger partial charge is 0.247 e. The number of nitrogens with two attached hydrogens (primary N) is 1. The van der Waals surface area contributed by atoms with E-state index in [9.17, 15) is 0 Å². The molecule has 0 spiro atoms. The predicted molar refractivity (Wildman–Crippen MR) is 72.5 cm³/mol. The number of anilines is 1. The van der Waals surface area contributed by atoms with E-state index in [-0.39, 0.29) is 28.4 Å². The van der Waals surface area contributed by atoms with Crippen LogP contribution in [0.2, 0.25) is 5.28 Å². The highest BCUT2D eigenvalue weighted by Crippen LogP contribution is 2.36. The molecule has 0 radical (unpaired) electrons. The molecule has 20 heavy (non-hydrogen) atoms. The van der Waals surface area contributed by atoms with E-state index in [1.165, 1.54) is 6.20 Å². The summed E-state index contributed by atoms with van der Waals surface area (Å²) in [6.45, 7) is 0. The molecule has 98 valence electrons. The number of aromatic nitrogens is 2. The first-order valence-corrected chi connectivity index (χ1v) is 5.94. The lowest BCUT2D eigenvalue weighted by Gasteiger charge is -2.05. The van der Waals surface area contributed by atoms with E-state index in [1.54, 1.807) is 18.2 Å². The highest BCUT2D eigenvalue weighted by Gasteiger charge is 2.18. The van der Waals surface area contributed by atoms with E-state index >= 15 is 0 Å². The fraction of sp³-hybridized carbons (Fsp3) is 0. The zero-order chi connectivity index (χ0) is 14.1. The second-order valence-electron chi connectivity index (χ2n) is 3.87. The minimum Gasteiger partial charge on any atom is -0.442 e. The van der Waals surface area contributed by atoms with Crippen LogP contribution < -0.4 is 10.5 Å². The molecule has 2 heterocycles. The SMILES string of the molecule is N#Cc1oc2ccccc2c1Oc1nc(Cl)ncc1N. The summed E-state index contributed by atoms with van der Waals surface area (Å²) in [7, 11) is 0. The molecule has 0 aliphatic rings. The summed E-state index contributed by atoms with van der Waals surface area (Å²) in [6, 6.07) is 9.04. The molecule has 0 fully saturated rings. The van der Waals surface area contributed by atoms with Crippen molar-refractivity contribution in [3.05, 3.63) is 41.5 Å². The van der Waals surface area contributed by atoms with Crippen molar-refractivity contribution in [1.82, 2.24) is 9.97 Å². The quantitative estimate of drug-likeness (QED) is 0.727. The number of para-hydroxylation sites is 1. The molecule has 0 saturated carbocycles. The molecule has 0 aliphatic heterocycles. The minimum absolute atomic E-state index is 0.000470. The molecule has 0 saturated heterocycles. The molecular formula is C13H7ClN4O2. The van der Waals surface area contributed by atoms with Crippen molar-refractivity contribution in [3.8, 4) is 17.7 Å². The first kappa shape index (κ1) is 12.3. The summed E-state index contributed by atoms with van der Waals surface area (Å²) in [5, 5.41) is 9.76. The maximum atomic E-state index is 9.11. The van der Waals surface area contributed by atoms with Crippen LogP contribution in [0.4, 0.5) is 5.69 Å². The van der Waals surface area contributed by atoms with Gasteiger partial charge in [0.2, 0.25) is 16.9 Å². The van der Waals surface area contributed by atoms with Gasteiger partial charge >= 0.3 is 0 Å². The van der Waals surface area contributed by atoms with Crippen LogP contribution in [0.5, 0.6) is 11.6 Å². The van der Waals surface area contributed by atoms with Crippen molar-refractivity contribution < 1.29 is 9.15 Å². The number of benzene rings is 1. The number of hydrogen-bond donors (Lipinski definition) is 1. The third-order valence-corrected chi connectivity index (χ3v) is 2.78. The number of rotatable bonds is 2. The molecule has 1 aromatic carbocycles. The number of halogens is 1. The van der Waals surface area contributed by atoms with Crippen molar-refractivity contribution in [2.75, 3.05) is 5.73 Å². The van der Waals surface area contributed by atoms with Crippen LogP contribution in [0.1, 0.15) is 5.76 Å². The Hall–Kier alpha value is -2.78. The molecule has 0 aliphatic carbocycles. The molecule has 0 amide bonds. The summed E-state index contributed by atoms with van der Waals surface area (Å²) in [6.07, 6.45) is 1.33. The van der Waals surface area contributed by atoms with Crippen LogP contribution in [0.25, 0.3) is 11.0 Å². The summed E-state index contributed by atoms with van der Waals surface area (Å²) in [5.41, 5.74) is 6.47. The van der Waals surface area contributed by atoms with Crippen LogP contribution in [0.3, 0.4) is 0 Å². The van der Waals surface area contributed by atoms with Crippen molar-refractivity contribution in [2.45, 2.75) is 0 Å². The highest BCUT2D eigenvalue weighted by atomic mass is 35.5. The Balaban J connectivity index is 2.15. The number of nitriles is 1. The van der Waals surface area contributed by atoms with E-state index in [0.29, 0.717) is 11.0 Å². The van der Waals surface area contributed by atoms with Crippen LogP contribution in [-0.4, -0.2) is 9.97 Å². The van der Waals surface area contributed by atoms with Gasteiger partial charge in [-0.15, -0.1) is 0 Å². The summed E-state index contributed by atoms with van der Waals surface area (Å²) >= 11 is 5.70. The Morgan fingerprint density at radius 1 is 1.35 bits per heavy atom. The molecule has 7 heteroatoms. The van der Waals surface area contributed by atoms with Crippen LogP contribution in [0, 0.1) is 11.3 Å². The van der Waals surface area contributed by atoms with E-state index in [2.05, 4.69) is 9.97 Å². The number of nitrogens with zero attached hydrogens (tertiary/aromatic N) is 3. The Kier molecular flexibility index (Phi) is 2.89. The lowest BCUT2D eigenvalue weighted by Crippen LogP contribution is -1.97. The zero-order valence-electron chi connectivity index (χ0n) is 10.0. The highest BCUT2D eigenvalue weighted by molar-refractivity contribution is 6.28. The van der Waals surface area contributed by atoms with Gasteiger partial charge in [-0.2, -0.15) is 10.2 Å². The first-order valence-electron chi connectivity index (χ1n) is 5.56. The van der Waals surface area contributed by atoms with E-state index in [1.807, 2.05) is 12.1 Å². The van der Waals surface area contributed by atoms with Gasteiger partial charge in [-0.1, -0.05) is 12.1 Å². The molecule has 3 aromatic rings. The summed E-state index contributed by atoms with van der Waals surface area (Å²) in [4.78, 5) is 7.62. The topological polar surface area (TPSA) is 98.0 Å².